The average molecular weight is 249 g/mol. The number of methoxy groups -OCH3 is 2. The van der Waals surface area contributed by atoms with Gasteiger partial charge in [-0.1, -0.05) is 18.6 Å². The quantitative estimate of drug-likeness (QED) is 0.784. The molecule has 0 heterocycles. The van der Waals surface area contributed by atoms with Crippen molar-refractivity contribution >= 4 is 0 Å². The van der Waals surface area contributed by atoms with Crippen molar-refractivity contribution in [2.24, 2.45) is 0 Å². The highest BCUT2D eigenvalue weighted by Gasteiger charge is 2.10. The van der Waals surface area contributed by atoms with Gasteiger partial charge in [0.15, 0.2) is 0 Å². The minimum Gasteiger partial charge on any atom is -0.497 e. The van der Waals surface area contributed by atoms with E-state index in [0.29, 0.717) is 0 Å². The third-order valence-electron chi connectivity index (χ3n) is 2.66. The maximum atomic E-state index is 5.30. The summed E-state index contributed by atoms with van der Waals surface area (Å²) < 4.78 is 10.6. The molecular formula is C15H23NO2. The zero-order valence-corrected chi connectivity index (χ0v) is 11.9. The van der Waals surface area contributed by atoms with E-state index in [-0.39, 0.29) is 6.04 Å². The molecule has 1 aromatic carbocycles. The van der Waals surface area contributed by atoms with Gasteiger partial charge in [-0.3, -0.25) is 0 Å². The SMILES string of the molecule is CCNC(C=C(C)C)c1cc(OC)cc(OC)c1. The monoisotopic (exact) mass is 249 g/mol. The van der Waals surface area contributed by atoms with Crippen LogP contribution in [-0.4, -0.2) is 20.8 Å². The van der Waals surface area contributed by atoms with E-state index < -0.39 is 0 Å². The van der Waals surface area contributed by atoms with Gasteiger partial charge in [0.2, 0.25) is 0 Å². The number of hydrogen-bond donors (Lipinski definition) is 1. The summed E-state index contributed by atoms with van der Waals surface area (Å²) in [6.07, 6.45) is 2.21. The maximum Gasteiger partial charge on any atom is 0.122 e. The van der Waals surface area contributed by atoms with Gasteiger partial charge < -0.3 is 14.8 Å². The van der Waals surface area contributed by atoms with Crippen LogP contribution >= 0.6 is 0 Å². The predicted molar refractivity (Wildman–Crippen MR) is 75.4 cm³/mol. The number of hydrogen-bond acceptors (Lipinski definition) is 3. The Morgan fingerprint density at radius 2 is 1.72 bits per heavy atom. The molecular weight excluding hydrogens is 226 g/mol. The molecule has 0 fully saturated rings. The smallest absolute Gasteiger partial charge is 0.122 e. The van der Waals surface area contributed by atoms with Crippen molar-refractivity contribution in [2.45, 2.75) is 26.8 Å². The summed E-state index contributed by atoms with van der Waals surface area (Å²) in [5.74, 6) is 1.63. The Hall–Kier alpha value is -1.48. The van der Waals surface area contributed by atoms with E-state index in [1.54, 1.807) is 14.2 Å². The highest BCUT2D eigenvalue weighted by Crippen LogP contribution is 2.27. The van der Waals surface area contributed by atoms with Crippen molar-refractivity contribution in [3.63, 3.8) is 0 Å². The minimum atomic E-state index is 0.184. The number of rotatable bonds is 6. The van der Waals surface area contributed by atoms with Gasteiger partial charge in [-0.2, -0.15) is 0 Å². The van der Waals surface area contributed by atoms with Crippen LogP contribution in [-0.2, 0) is 0 Å². The fourth-order valence-electron chi connectivity index (χ4n) is 1.84. The number of likely N-dealkylation sites (N-methyl/N-ethyl adjacent to an activating group) is 1. The molecule has 0 aliphatic heterocycles. The molecule has 18 heavy (non-hydrogen) atoms. The first kappa shape index (κ1) is 14.6. The second kappa shape index (κ2) is 7.07. The summed E-state index contributed by atoms with van der Waals surface area (Å²) in [6, 6.07) is 6.14. The summed E-state index contributed by atoms with van der Waals surface area (Å²) in [5.41, 5.74) is 2.43. The third-order valence-corrected chi connectivity index (χ3v) is 2.66. The molecule has 1 rings (SSSR count). The third kappa shape index (κ3) is 4.08. The summed E-state index contributed by atoms with van der Waals surface area (Å²) in [7, 11) is 3.34. The Labute approximate surface area is 110 Å². The normalized spacial score (nSPS) is 11.8. The fourth-order valence-corrected chi connectivity index (χ4v) is 1.84. The molecule has 3 nitrogen and oxygen atoms in total. The highest BCUT2D eigenvalue weighted by molar-refractivity contribution is 5.41. The lowest BCUT2D eigenvalue weighted by Gasteiger charge is -2.17. The minimum absolute atomic E-state index is 0.184. The number of allylic oxidation sites excluding steroid dienone is 1. The van der Waals surface area contributed by atoms with Crippen LogP contribution < -0.4 is 14.8 Å². The first-order chi connectivity index (χ1) is 8.60. The zero-order valence-electron chi connectivity index (χ0n) is 11.9. The Kier molecular flexibility index (Phi) is 5.72. The summed E-state index contributed by atoms with van der Waals surface area (Å²) in [4.78, 5) is 0. The Balaban J connectivity index is 3.13. The lowest BCUT2D eigenvalue weighted by atomic mass is 10.0. The molecule has 0 radical (unpaired) electrons. The predicted octanol–water partition coefficient (Wildman–Crippen LogP) is 3.32. The lowest BCUT2D eigenvalue weighted by Crippen LogP contribution is -2.19. The standard InChI is InChI=1S/C15H23NO2/c1-6-16-15(7-11(2)3)12-8-13(17-4)10-14(9-12)18-5/h7-10,15-16H,6H2,1-5H3. The Bertz CT molecular complexity index is 387. The van der Waals surface area contributed by atoms with E-state index in [1.807, 2.05) is 18.2 Å². The van der Waals surface area contributed by atoms with E-state index in [9.17, 15) is 0 Å². The van der Waals surface area contributed by atoms with E-state index in [0.717, 1.165) is 23.6 Å². The summed E-state index contributed by atoms with van der Waals surface area (Å²) >= 11 is 0. The van der Waals surface area contributed by atoms with Crippen LogP contribution in [0.4, 0.5) is 0 Å². The van der Waals surface area contributed by atoms with E-state index in [2.05, 4.69) is 32.2 Å². The second-order valence-corrected chi connectivity index (χ2v) is 4.43. The Morgan fingerprint density at radius 1 is 1.17 bits per heavy atom. The van der Waals surface area contributed by atoms with Crippen molar-refractivity contribution < 1.29 is 9.47 Å². The van der Waals surface area contributed by atoms with Gasteiger partial charge >= 0.3 is 0 Å². The first-order valence-electron chi connectivity index (χ1n) is 6.22. The van der Waals surface area contributed by atoms with Crippen LogP contribution in [0, 0.1) is 0 Å². The molecule has 100 valence electrons. The van der Waals surface area contributed by atoms with Gasteiger partial charge in [-0.05, 0) is 38.1 Å². The van der Waals surface area contributed by atoms with Crippen molar-refractivity contribution in [1.82, 2.24) is 5.32 Å². The molecule has 0 amide bonds. The van der Waals surface area contributed by atoms with Crippen LogP contribution in [0.25, 0.3) is 0 Å². The van der Waals surface area contributed by atoms with Gasteiger partial charge in [0.1, 0.15) is 11.5 Å². The van der Waals surface area contributed by atoms with Gasteiger partial charge in [0, 0.05) is 6.07 Å². The molecule has 0 bridgehead atoms. The molecule has 3 heteroatoms. The largest absolute Gasteiger partial charge is 0.497 e. The topological polar surface area (TPSA) is 30.5 Å². The van der Waals surface area contributed by atoms with Crippen molar-refractivity contribution in [2.75, 3.05) is 20.8 Å². The van der Waals surface area contributed by atoms with E-state index >= 15 is 0 Å². The molecule has 0 saturated carbocycles. The van der Waals surface area contributed by atoms with E-state index in [1.165, 1.54) is 5.57 Å². The summed E-state index contributed by atoms with van der Waals surface area (Å²) in [5, 5.41) is 3.45. The summed E-state index contributed by atoms with van der Waals surface area (Å²) in [6.45, 7) is 7.21. The van der Waals surface area contributed by atoms with Gasteiger partial charge in [-0.25, -0.2) is 0 Å². The van der Waals surface area contributed by atoms with Gasteiger partial charge in [0.05, 0.1) is 20.3 Å². The molecule has 0 aromatic heterocycles. The van der Waals surface area contributed by atoms with Crippen molar-refractivity contribution in [1.29, 1.82) is 0 Å². The van der Waals surface area contributed by atoms with Crippen LogP contribution in [0.1, 0.15) is 32.4 Å². The van der Waals surface area contributed by atoms with Crippen LogP contribution in [0.5, 0.6) is 11.5 Å². The average Bonchev–Trinajstić information content (AvgIpc) is 2.37. The molecule has 0 saturated heterocycles. The second-order valence-electron chi connectivity index (χ2n) is 4.43. The zero-order chi connectivity index (χ0) is 13.5. The molecule has 1 atom stereocenters. The van der Waals surface area contributed by atoms with Gasteiger partial charge in [-0.15, -0.1) is 0 Å². The molecule has 0 spiro atoms. The van der Waals surface area contributed by atoms with Crippen molar-refractivity contribution in [3.05, 3.63) is 35.4 Å². The lowest BCUT2D eigenvalue weighted by molar-refractivity contribution is 0.392. The molecule has 1 N–H and O–H groups in total. The number of ether oxygens (including phenoxy) is 2. The van der Waals surface area contributed by atoms with E-state index in [4.69, 9.17) is 9.47 Å². The maximum absolute atomic E-state index is 5.30. The van der Waals surface area contributed by atoms with Crippen molar-refractivity contribution in [3.8, 4) is 11.5 Å². The number of benzene rings is 1. The Morgan fingerprint density at radius 3 is 2.11 bits per heavy atom. The highest BCUT2D eigenvalue weighted by atomic mass is 16.5. The molecule has 1 aromatic rings. The number of nitrogens with one attached hydrogen (secondary N) is 1. The molecule has 0 aliphatic carbocycles. The molecule has 1 unspecified atom stereocenters. The fraction of sp³-hybridized carbons (Fsp3) is 0.467. The molecule has 0 aliphatic rings. The van der Waals surface area contributed by atoms with Gasteiger partial charge in [0.25, 0.3) is 0 Å². The van der Waals surface area contributed by atoms with Crippen LogP contribution in [0.3, 0.4) is 0 Å². The first-order valence-corrected chi connectivity index (χ1v) is 6.22. The van der Waals surface area contributed by atoms with Crippen LogP contribution in [0.2, 0.25) is 0 Å². The van der Waals surface area contributed by atoms with Crippen LogP contribution in [0.15, 0.2) is 29.8 Å².